The molecule has 0 heterocycles. The predicted molar refractivity (Wildman–Crippen MR) is 82.8 cm³/mol. The number of phenols is 1. The Kier molecular flexibility index (Phi) is 4.35. The Hall–Kier alpha value is -2.36. The standard InChI is InChI=1S/C16H20N2O2/c1-18(2)14-7-5-13(6-8-14)17-11-12-4-9-15(19)16(10-12)20-3/h4-10,17,19H,11H2,1-3H3. The molecule has 2 N–H and O–H groups in total. The lowest BCUT2D eigenvalue weighted by Crippen LogP contribution is -2.08. The van der Waals surface area contributed by atoms with Crippen LogP contribution in [0.15, 0.2) is 42.5 Å². The van der Waals surface area contributed by atoms with Crippen molar-refractivity contribution in [2.24, 2.45) is 0 Å². The van der Waals surface area contributed by atoms with Gasteiger partial charge in [0, 0.05) is 32.0 Å². The van der Waals surface area contributed by atoms with E-state index in [1.54, 1.807) is 13.2 Å². The van der Waals surface area contributed by atoms with Gasteiger partial charge in [0.05, 0.1) is 7.11 Å². The van der Waals surface area contributed by atoms with E-state index in [1.165, 1.54) is 5.69 Å². The van der Waals surface area contributed by atoms with Gasteiger partial charge < -0.3 is 20.1 Å². The second-order valence-corrected chi connectivity index (χ2v) is 4.80. The van der Waals surface area contributed by atoms with E-state index >= 15 is 0 Å². The molecule has 2 aromatic carbocycles. The number of methoxy groups -OCH3 is 1. The molecule has 20 heavy (non-hydrogen) atoms. The van der Waals surface area contributed by atoms with E-state index in [0.29, 0.717) is 12.3 Å². The van der Waals surface area contributed by atoms with Crippen molar-refractivity contribution in [2.75, 3.05) is 31.4 Å². The number of ether oxygens (including phenoxy) is 1. The number of hydrogen-bond acceptors (Lipinski definition) is 4. The molecule has 4 heteroatoms. The van der Waals surface area contributed by atoms with Crippen LogP contribution < -0.4 is 15.0 Å². The van der Waals surface area contributed by atoms with E-state index in [0.717, 1.165) is 11.3 Å². The predicted octanol–water partition coefficient (Wildman–Crippen LogP) is 3.08. The lowest BCUT2D eigenvalue weighted by atomic mass is 10.2. The molecule has 0 radical (unpaired) electrons. The summed E-state index contributed by atoms with van der Waals surface area (Å²) in [6.45, 7) is 0.679. The van der Waals surface area contributed by atoms with Crippen molar-refractivity contribution >= 4 is 11.4 Å². The van der Waals surface area contributed by atoms with Crippen LogP contribution in [0.25, 0.3) is 0 Å². The molecule has 0 unspecified atom stereocenters. The van der Waals surface area contributed by atoms with E-state index in [9.17, 15) is 5.11 Å². The molecule has 4 nitrogen and oxygen atoms in total. The Bertz CT molecular complexity index is 565. The van der Waals surface area contributed by atoms with Gasteiger partial charge in [-0.15, -0.1) is 0 Å². The Labute approximate surface area is 119 Å². The van der Waals surface area contributed by atoms with E-state index < -0.39 is 0 Å². The summed E-state index contributed by atoms with van der Waals surface area (Å²) in [5, 5.41) is 12.9. The Morgan fingerprint density at radius 1 is 1.10 bits per heavy atom. The summed E-state index contributed by atoms with van der Waals surface area (Å²) in [5.74, 6) is 0.652. The van der Waals surface area contributed by atoms with Crippen molar-refractivity contribution in [1.82, 2.24) is 0 Å². The number of rotatable bonds is 5. The molecule has 0 saturated heterocycles. The van der Waals surface area contributed by atoms with Gasteiger partial charge >= 0.3 is 0 Å². The maximum Gasteiger partial charge on any atom is 0.160 e. The van der Waals surface area contributed by atoms with Gasteiger partial charge in [-0.2, -0.15) is 0 Å². The molecule has 0 amide bonds. The van der Waals surface area contributed by atoms with Gasteiger partial charge in [-0.25, -0.2) is 0 Å². The van der Waals surface area contributed by atoms with Crippen LogP contribution in [0.4, 0.5) is 11.4 Å². The van der Waals surface area contributed by atoms with Gasteiger partial charge in [0.15, 0.2) is 11.5 Å². The zero-order valence-electron chi connectivity index (χ0n) is 12.1. The van der Waals surface area contributed by atoms with Gasteiger partial charge in [0.2, 0.25) is 0 Å². The monoisotopic (exact) mass is 272 g/mol. The van der Waals surface area contributed by atoms with Crippen LogP contribution >= 0.6 is 0 Å². The van der Waals surface area contributed by atoms with Crippen LogP contribution in [0.2, 0.25) is 0 Å². The van der Waals surface area contributed by atoms with Crippen LogP contribution in [-0.2, 0) is 6.54 Å². The third-order valence-corrected chi connectivity index (χ3v) is 3.12. The number of nitrogens with one attached hydrogen (secondary N) is 1. The average Bonchev–Trinajstić information content (AvgIpc) is 2.46. The molecule has 0 aliphatic rings. The van der Waals surface area contributed by atoms with Gasteiger partial charge in [0.1, 0.15) is 0 Å². The first-order chi connectivity index (χ1) is 9.60. The van der Waals surface area contributed by atoms with Crippen molar-refractivity contribution in [3.63, 3.8) is 0 Å². The summed E-state index contributed by atoms with van der Waals surface area (Å²) in [5.41, 5.74) is 3.28. The first-order valence-electron chi connectivity index (χ1n) is 6.47. The molecule has 0 atom stereocenters. The third kappa shape index (κ3) is 3.35. The number of aromatic hydroxyl groups is 1. The van der Waals surface area contributed by atoms with Gasteiger partial charge in [-0.1, -0.05) is 6.07 Å². The highest BCUT2D eigenvalue weighted by atomic mass is 16.5. The van der Waals surface area contributed by atoms with Crippen LogP contribution in [0.1, 0.15) is 5.56 Å². The maximum atomic E-state index is 9.55. The smallest absolute Gasteiger partial charge is 0.160 e. The van der Waals surface area contributed by atoms with Gasteiger partial charge in [-0.05, 0) is 42.0 Å². The second-order valence-electron chi connectivity index (χ2n) is 4.80. The molecular weight excluding hydrogens is 252 g/mol. The maximum absolute atomic E-state index is 9.55. The van der Waals surface area contributed by atoms with Crippen molar-refractivity contribution < 1.29 is 9.84 Å². The van der Waals surface area contributed by atoms with Crippen LogP contribution in [0.5, 0.6) is 11.5 Å². The molecule has 2 rings (SSSR count). The SMILES string of the molecule is COc1cc(CNc2ccc(N(C)C)cc2)ccc1O. The highest BCUT2D eigenvalue weighted by molar-refractivity contribution is 5.54. The molecule has 0 saturated carbocycles. The zero-order chi connectivity index (χ0) is 14.5. The summed E-state index contributed by atoms with van der Waals surface area (Å²) in [6, 6.07) is 13.6. The lowest BCUT2D eigenvalue weighted by Gasteiger charge is -2.13. The fourth-order valence-corrected chi connectivity index (χ4v) is 1.91. The number of phenolic OH excluding ortho intramolecular Hbond substituents is 1. The van der Waals surface area contributed by atoms with Crippen LogP contribution in [0, 0.1) is 0 Å². The third-order valence-electron chi connectivity index (χ3n) is 3.12. The number of nitrogens with zero attached hydrogens (tertiary/aromatic N) is 1. The highest BCUT2D eigenvalue weighted by Gasteiger charge is 2.02. The molecule has 0 aliphatic carbocycles. The van der Waals surface area contributed by atoms with Crippen LogP contribution in [0.3, 0.4) is 0 Å². The molecule has 0 aliphatic heterocycles. The quantitative estimate of drug-likeness (QED) is 0.878. The average molecular weight is 272 g/mol. The largest absolute Gasteiger partial charge is 0.504 e. The molecule has 0 aromatic heterocycles. The Morgan fingerprint density at radius 3 is 2.40 bits per heavy atom. The van der Waals surface area contributed by atoms with Gasteiger partial charge in [-0.3, -0.25) is 0 Å². The summed E-state index contributed by atoms with van der Waals surface area (Å²) in [4.78, 5) is 2.06. The van der Waals surface area contributed by atoms with E-state index in [2.05, 4.69) is 22.3 Å². The van der Waals surface area contributed by atoms with E-state index in [-0.39, 0.29) is 5.75 Å². The Morgan fingerprint density at radius 2 is 1.80 bits per heavy atom. The second kappa shape index (κ2) is 6.19. The van der Waals surface area contributed by atoms with E-state index in [1.807, 2.05) is 38.4 Å². The molecule has 106 valence electrons. The van der Waals surface area contributed by atoms with Crippen LogP contribution in [-0.4, -0.2) is 26.3 Å². The summed E-state index contributed by atoms with van der Waals surface area (Å²) < 4.78 is 5.10. The minimum Gasteiger partial charge on any atom is -0.504 e. The fraction of sp³-hybridized carbons (Fsp3) is 0.250. The van der Waals surface area contributed by atoms with Crippen molar-refractivity contribution in [2.45, 2.75) is 6.54 Å². The molecule has 0 bridgehead atoms. The lowest BCUT2D eigenvalue weighted by molar-refractivity contribution is 0.373. The van der Waals surface area contributed by atoms with Gasteiger partial charge in [0.25, 0.3) is 0 Å². The fourth-order valence-electron chi connectivity index (χ4n) is 1.91. The number of hydrogen-bond donors (Lipinski definition) is 2. The van der Waals surface area contributed by atoms with Crippen molar-refractivity contribution in [3.05, 3.63) is 48.0 Å². The summed E-state index contributed by atoms with van der Waals surface area (Å²) in [6.07, 6.45) is 0. The molecule has 2 aromatic rings. The van der Waals surface area contributed by atoms with Crippen molar-refractivity contribution in [3.8, 4) is 11.5 Å². The molecule has 0 fully saturated rings. The first-order valence-corrected chi connectivity index (χ1v) is 6.47. The summed E-state index contributed by atoms with van der Waals surface area (Å²) >= 11 is 0. The molecular formula is C16H20N2O2. The number of benzene rings is 2. The van der Waals surface area contributed by atoms with E-state index in [4.69, 9.17) is 4.74 Å². The van der Waals surface area contributed by atoms with Crippen molar-refractivity contribution in [1.29, 1.82) is 0 Å². The normalized spacial score (nSPS) is 10.2. The minimum absolute atomic E-state index is 0.159. The molecule has 0 spiro atoms. The zero-order valence-corrected chi connectivity index (χ0v) is 12.1. The Balaban J connectivity index is 2.01. The number of anilines is 2. The first kappa shape index (κ1) is 14.1. The topological polar surface area (TPSA) is 44.7 Å². The summed E-state index contributed by atoms with van der Waals surface area (Å²) in [7, 11) is 5.59. The minimum atomic E-state index is 0.159. The highest BCUT2D eigenvalue weighted by Crippen LogP contribution is 2.26.